The highest BCUT2D eigenvalue weighted by molar-refractivity contribution is 9.10. The molecule has 2 rings (SSSR count). The number of benzene rings is 2. The minimum Gasteiger partial charge on any atom is -0.378 e. The second-order valence-electron chi connectivity index (χ2n) is 5.00. The number of hydrogen-bond donors (Lipinski definition) is 2. The number of nitrogens with zero attached hydrogens (tertiary/aromatic N) is 1. The van der Waals surface area contributed by atoms with E-state index in [1.807, 2.05) is 0 Å². The number of hydrogen-bond acceptors (Lipinski definition) is 4. The van der Waals surface area contributed by atoms with E-state index in [4.69, 9.17) is 0 Å². The third-order valence-corrected chi connectivity index (χ3v) is 3.69. The number of halogens is 2. The Morgan fingerprint density at radius 1 is 1.17 bits per heavy atom. The topological polar surface area (TPSA) is 84.3 Å². The molecule has 2 aromatic carbocycles. The zero-order valence-electron chi connectivity index (χ0n) is 12.6. The van der Waals surface area contributed by atoms with Crippen LogP contribution in [-0.4, -0.2) is 23.9 Å². The largest absolute Gasteiger partial charge is 0.378 e. The Morgan fingerprint density at radius 2 is 1.88 bits per heavy atom. The average molecular weight is 396 g/mol. The molecule has 2 aromatic rings. The fraction of sp³-hybridized carbons (Fsp3) is 0.188. The van der Waals surface area contributed by atoms with Crippen LogP contribution in [0.5, 0.6) is 0 Å². The predicted molar refractivity (Wildman–Crippen MR) is 92.4 cm³/mol. The normalized spacial score (nSPS) is 10.2. The molecule has 0 aliphatic heterocycles. The van der Waals surface area contributed by atoms with E-state index in [1.54, 1.807) is 24.3 Å². The maximum atomic E-state index is 12.8. The fourth-order valence-corrected chi connectivity index (χ4v) is 2.40. The Kier molecular flexibility index (Phi) is 6.25. The number of carbonyl (C=O) groups excluding carboxylic acids is 1. The van der Waals surface area contributed by atoms with Gasteiger partial charge >= 0.3 is 0 Å². The summed E-state index contributed by atoms with van der Waals surface area (Å²) < 4.78 is 13.4. The molecule has 0 heterocycles. The molecule has 0 bridgehead atoms. The summed E-state index contributed by atoms with van der Waals surface area (Å²) in [6.07, 6.45) is 0.151. The van der Waals surface area contributed by atoms with Crippen molar-refractivity contribution in [2.24, 2.45) is 0 Å². The van der Waals surface area contributed by atoms with Crippen molar-refractivity contribution in [3.8, 4) is 0 Å². The molecular weight excluding hydrogens is 381 g/mol. The van der Waals surface area contributed by atoms with E-state index < -0.39 is 4.92 Å². The standard InChI is InChI=1S/C16H15BrFN3O3/c17-12-3-6-14(15(10-12)21(23)24)19-7-8-20-16(22)9-11-1-4-13(18)5-2-11/h1-6,10,19H,7-9H2,(H,20,22). The van der Waals surface area contributed by atoms with Crippen LogP contribution in [0.4, 0.5) is 15.8 Å². The third kappa shape index (κ3) is 5.31. The highest BCUT2D eigenvalue weighted by Gasteiger charge is 2.13. The number of anilines is 1. The van der Waals surface area contributed by atoms with E-state index in [2.05, 4.69) is 26.6 Å². The molecule has 2 N–H and O–H groups in total. The summed E-state index contributed by atoms with van der Waals surface area (Å²) in [5, 5.41) is 16.6. The molecule has 1 amide bonds. The van der Waals surface area contributed by atoms with Gasteiger partial charge in [-0.2, -0.15) is 0 Å². The molecule has 0 radical (unpaired) electrons. The van der Waals surface area contributed by atoms with Crippen LogP contribution in [-0.2, 0) is 11.2 Å². The molecule has 0 aromatic heterocycles. The van der Waals surface area contributed by atoms with Crippen LogP contribution >= 0.6 is 15.9 Å². The summed E-state index contributed by atoms with van der Waals surface area (Å²) in [7, 11) is 0. The molecule has 0 aliphatic rings. The Morgan fingerprint density at radius 3 is 2.54 bits per heavy atom. The lowest BCUT2D eigenvalue weighted by Crippen LogP contribution is -2.30. The molecule has 6 nitrogen and oxygen atoms in total. The van der Waals surface area contributed by atoms with Crippen molar-refractivity contribution in [2.45, 2.75) is 6.42 Å². The van der Waals surface area contributed by atoms with Gasteiger partial charge in [-0.1, -0.05) is 28.1 Å². The third-order valence-electron chi connectivity index (χ3n) is 3.20. The van der Waals surface area contributed by atoms with Gasteiger partial charge in [0.05, 0.1) is 11.3 Å². The SMILES string of the molecule is O=C(Cc1ccc(F)cc1)NCCNc1ccc(Br)cc1[N+](=O)[O-]. The van der Waals surface area contributed by atoms with Gasteiger partial charge in [0.15, 0.2) is 0 Å². The van der Waals surface area contributed by atoms with Crippen molar-refractivity contribution in [1.29, 1.82) is 0 Å². The number of nitro benzene ring substituents is 1. The molecule has 0 spiro atoms. The van der Waals surface area contributed by atoms with E-state index in [0.717, 1.165) is 0 Å². The molecular formula is C16H15BrFN3O3. The second-order valence-corrected chi connectivity index (χ2v) is 5.91. The summed E-state index contributed by atoms with van der Waals surface area (Å²) in [5.74, 6) is -0.548. The monoisotopic (exact) mass is 395 g/mol. The molecule has 0 fully saturated rings. The molecule has 24 heavy (non-hydrogen) atoms. The number of carbonyl (C=O) groups is 1. The van der Waals surface area contributed by atoms with Crippen LogP contribution in [0.3, 0.4) is 0 Å². The molecule has 0 saturated carbocycles. The van der Waals surface area contributed by atoms with Crippen LogP contribution < -0.4 is 10.6 Å². The molecule has 0 unspecified atom stereocenters. The van der Waals surface area contributed by atoms with Gasteiger partial charge in [0.2, 0.25) is 5.91 Å². The van der Waals surface area contributed by atoms with Gasteiger partial charge in [0, 0.05) is 23.6 Å². The van der Waals surface area contributed by atoms with Crippen LogP contribution in [0.25, 0.3) is 0 Å². The van der Waals surface area contributed by atoms with Crippen molar-refractivity contribution < 1.29 is 14.1 Å². The van der Waals surface area contributed by atoms with Crippen molar-refractivity contribution in [3.63, 3.8) is 0 Å². The minimum absolute atomic E-state index is 0.0398. The Labute approximate surface area is 146 Å². The van der Waals surface area contributed by atoms with Crippen LogP contribution in [0.15, 0.2) is 46.9 Å². The smallest absolute Gasteiger partial charge is 0.293 e. The summed E-state index contributed by atoms with van der Waals surface area (Å²) in [6, 6.07) is 10.4. The highest BCUT2D eigenvalue weighted by Crippen LogP contribution is 2.27. The van der Waals surface area contributed by atoms with Gasteiger partial charge in [-0.25, -0.2) is 4.39 Å². The predicted octanol–water partition coefficient (Wildman–Crippen LogP) is 3.27. The molecule has 0 saturated heterocycles. The number of nitro groups is 1. The lowest BCUT2D eigenvalue weighted by Gasteiger charge is -2.09. The fourth-order valence-electron chi connectivity index (χ4n) is 2.05. The molecule has 0 atom stereocenters. The minimum atomic E-state index is -0.472. The van der Waals surface area contributed by atoms with E-state index in [1.165, 1.54) is 18.2 Å². The van der Waals surface area contributed by atoms with Gasteiger partial charge < -0.3 is 10.6 Å². The number of rotatable bonds is 7. The first-order valence-electron chi connectivity index (χ1n) is 7.14. The van der Waals surface area contributed by atoms with Crippen LogP contribution in [0.1, 0.15) is 5.56 Å². The average Bonchev–Trinajstić information content (AvgIpc) is 2.54. The van der Waals surface area contributed by atoms with E-state index >= 15 is 0 Å². The highest BCUT2D eigenvalue weighted by atomic mass is 79.9. The zero-order valence-corrected chi connectivity index (χ0v) is 14.2. The van der Waals surface area contributed by atoms with E-state index in [-0.39, 0.29) is 23.8 Å². The Bertz CT molecular complexity index is 738. The molecule has 0 aliphatic carbocycles. The second kappa shape index (κ2) is 8.39. The van der Waals surface area contributed by atoms with Gasteiger partial charge in [-0.15, -0.1) is 0 Å². The van der Waals surface area contributed by atoms with Crippen molar-refractivity contribution >= 4 is 33.2 Å². The molecule has 126 valence electrons. The van der Waals surface area contributed by atoms with Gasteiger partial charge in [-0.3, -0.25) is 14.9 Å². The van der Waals surface area contributed by atoms with Gasteiger partial charge in [0.1, 0.15) is 11.5 Å². The number of amides is 1. The Balaban J connectivity index is 1.79. The summed E-state index contributed by atoms with van der Waals surface area (Å²) >= 11 is 3.19. The van der Waals surface area contributed by atoms with Gasteiger partial charge in [-0.05, 0) is 29.8 Å². The Hall–Kier alpha value is -2.48. The first kappa shape index (κ1) is 17.9. The van der Waals surface area contributed by atoms with E-state index in [9.17, 15) is 19.3 Å². The zero-order chi connectivity index (χ0) is 17.5. The van der Waals surface area contributed by atoms with Crippen LogP contribution in [0.2, 0.25) is 0 Å². The quantitative estimate of drug-likeness (QED) is 0.428. The summed E-state index contributed by atoms with van der Waals surface area (Å²) in [5.41, 5.74) is 1.06. The lowest BCUT2D eigenvalue weighted by atomic mass is 10.1. The maximum Gasteiger partial charge on any atom is 0.293 e. The van der Waals surface area contributed by atoms with Crippen molar-refractivity contribution in [2.75, 3.05) is 18.4 Å². The summed E-state index contributed by atoms with van der Waals surface area (Å²) in [4.78, 5) is 22.3. The van der Waals surface area contributed by atoms with Gasteiger partial charge in [0.25, 0.3) is 5.69 Å². The van der Waals surface area contributed by atoms with Crippen LogP contribution in [0, 0.1) is 15.9 Å². The van der Waals surface area contributed by atoms with Crippen molar-refractivity contribution in [3.05, 3.63) is 68.4 Å². The molecule has 8 heteroatoms. The number of nitrogens with one attached hydrogen (secondary N) is 2. The first-order valence-corrected chi connectivity index (χ1v) is 7.94. The van der Waals surface area contributed by atoms with Crippen molar-refractivity contribution in [1.82, 2.24) is 5.32 Å². The first-order chi connectivity index (χ1) is 11.5. The van der Waals surface area contributed by atoms with E-state index in [0.29, 0.717) is 28.8 Å². The maximum absolute atomic E-state index is 12.8. The summed E-state index contributed by atoms with van der Waals surface area (Å²) in [6.45, 7) is 0.658. The lowest BCUT2D eigenvalue weighted by molar-refractivity contribution is -0.384.